The summed E-state index contributed by atoms with van der Waals surface area (Å²) in [4.78, 5) is 25.9. The zero-order chi connectivity index (χ0) is 41.7. The molecular formula is C51H91NO5. The minimum absolute atomic E-state index is 0.0176. The highest BCUT2D eigenvalue weighted by Crippen LogP contribution is 2.17. The van der Waals surface area contributed by atoms with E-state index in [-0.39, 0.29) is 24.9 Å². The van der Waals surface area contributed by atoms with E-state index in [0.29, 0.717) is 19.3 Å². The molecule has 0 aromatic carbocycles. The largest absolute Gasteiger partial charge is 0.461 e. The molecule has 0 aromatic heterocycles. The summed E-state index contributed by atoms with van der Waals surface area (Å²) in [5.41, 5.74) is 0. The van der Waals surface area contributed by atoms with Gasteiger partial charge in [-0.05, 0) is 19.3 Å². The van der Waals surface area contributed by atoms with Gasteiger partial charge in [0.25, 0.3) is 0 Å². The molecule has 0 aliphatic rings. The molecule has 0 rings (SSSR count). The van der Waals surface area contributed by atoms with Crippen LogP contribution in [0.2, 0.25) is 0 Å². The van der Waals surface area contributed by atoms with E-state index in [1.165, 1.54) is 135 Å². The van der Waals surface area contributed by atoms with Crippen LogP contribution < -0.4 is 5.32 Å². The number of rotatable bonds is 42. The van der Waals surface area contributed by atoms with Crippen molar-refractivity contribution in [2.45, 2.75) is 244 Å². The molecule has 0 saturated carbocycles. The summed E-state index contributed by atoms with van der Waals surface area (Å²) in [5.74, 6) is -0.606. The van der Waals surface area contributed by atoms with Gasteiger partial charge in [-0.25, -0.2) is 0 Å². The molecule has 3 unspecified atom stereocenters. The van der Waals surface area contributed by atoms with Gasteiger partial charge in [0.1, 0.15) is 6.10 Å². The Bertz CT molecular complexity index is 1030. The van der Waals surface area contributed by atoms with Gasteiger partial charge < -0.3 is 20.3 Å². The Morgan fingerprint density at radius 2 is 0.912 bits per heavy atom. The monoisotopic (exact) mass is 798 g/mol. The maximum absolute atomic E-state index is 13.1. The van der Waals surface area contributed by atoms with Gasteiger partial charge in [0.2, 0.25) is 5.91 Å². The number of ether oxygens (including phenoxy) is 1. The van der Waals surface area contributed by atoms with Crippen molar-refractivity contribution in [2.24, 2.45) is 0 Å². The van der Waals surface area contributed by atoms with Gasteiger partial charge in [-0.15, -0.1) is 0 Å². The predicted octanol–water partition coefficient (Wildman–Crippen LogP) is 14.1. The van der Waals surface area contributed by atoms with Gasteiger partial charge in [-0.3, -0.25) is 9.59 Å². The Balaban J connectivity index is 4.61. The summed E-state index contributed by atoms with van der Waals surface area (Å²) in [7, 11) is 0. The Morgan fingerprint density at radius 1 is 0.526 bits per heavy atom. The lowest BCUT2D eigenvalue weighted by molar-refractivity contribution is -0.150. The van der Waals surface area contributed by atoms with E-state index in [0.717, 1.165) is 44.9 Å². The highest BCUT2D eigenvalue weighted by Gasteiger charge is 2.23. The molecule has 3 N–H and O–H groups in total. The zero-order valence-electron chi connectivity index (χ0n) is 37.5. The second kappa shape index (κ2) is 44.7. The number of allylic oxidation sites excluding steroid dienone is 9. The fourth-order valence-corrected chi connectivity index (χ4v) is 7.10. The fraction of sp³-hybridized carbons (Fsp3) is 0.765. The van der Waals surface area contributed by atoms with E-state index >= 15 is 0 Å². The third-order valence-corrected chi connectivity index (χ3v) is 10.7. The van der Waals surface area contributed by atoms with Crippen LogP contribution in [0.3, 0.4) is 0 Å². The molecule has 6 heteroatoms. The lowest BCUT2D eigenvalue weighted by Gasteiger charge is -2.24. The van der Waals surface area contributed by atoms with Crippen LogP contribution in [0.1, 0.15) is 226 Å². The predicted molar refractivity (Wildman–Crippen MR) is 245 cm³/mol. The molecule has 3 atom stereocenters. The van der Waals surface area contributed by atoms with Crippen LogP contribution in [0.4, 0.5) is 0 Å². The van der Waals surface area contributed by atoms with Crippen molar-refractivity contribution in [3.63, 3.8) is 0 Å². The van der Waals surface area contributed by atoms with Crippen molar-refractivity contribution in [3.05, 3.63) is 60.8 Å². The van der Waals surface area contributed by atoms with Crippen LogP contribution in [-0.4, -0.2) is 46.9 Å². The Morgan fingerprint density at radius 3 is 1.33 bits per heavy atom. The summed E-state index contributed by atoms with van der Waals surface area (Å²) in [6.45, 7) is 6.29. The Labute approximate surface area is 352 Å². The highest BCUT2D eigenvalue weighted by molar-refractivity contribution is 5.77. The molecule has 0 heterocycles. The first kappa shape index (κ1) is 54.6. The molecule has 0 bridgehead atoms. The number of carbonyl (C=O) groups is 2. The van der Waals surface area contributed by atoms with Gasteiger partial charge in [0.05, 0.1) is 25.2 Å². The minimum atomic E-state index is -0.816. The van der Waals surface area contributed by atoms with Gasteiger partial charge in [0, 0.05) is 12.8 Å². The molecule has 0 fully saturated rings. The molecule has 0 aliphatic carbocycles. The third-order valence-electron chi connectivity index (χ3n) is 10.7. The molecule has 1 amide bonds. The summed E-state index contributed by atoms with van der Waals surface area (Å²) >= 11 is 0. The molecule has 0 spiro atoms. The lowest BCUT2D eigenvalue weighted by Crippen LogP contribution is -2.46. The van der Waals surface area contributed by atoms with Crippen LogP contribution in [0.25, 0.3) is 0 Å². The smallest absolute Gasteiger partial charge is 0.306 e. The first-order valence-corrected chi connectivity index (χ1v) is 24.1. The number of nitrogens with one attached hydrogen (secondary N) is 1. The summed E-state index contributed by atoms with van der Waals surface area (Å²) in [6.07, 6.45) is 54.5. The molecule has 0 aliphatic heterocycles. The van der Waals surface area contributed by atoms with Crippen molar-refractivity contribution >= 4 is 11.9 Å². The maximum atomic E-state index is 13.1. The second-order valence-electron chi connectivity index (χ2n) is 16.3. The second-order valence-corrected chi connectivity index (χ2v) is 16.3. The SMILES string of the molecule is CC/C=C/C=C/C=C\C=C/C=C/CC(CC(=O)NC(CO)C(O)CCCCCCCCCCCCCCCCCC)OC(=O)CCCCCCCCCCCCC. The molecule has 0 radical (unpaired) electrons. The number of amides is 1. The summed E-state index contributed by atoms with van der Waals surface area (Å²) < 4.78 is 5.81. The molecule has 330 valence electrons. The van der Waals surface area contributed by atoms with Crippen molar-refractivity contribution < 1.29 is 24.5 Å². The average Bonchev–Trinajstić information content (AvgIpc) is 3.20. The van der Waals surface area contributed by atoms with E-state index in [4.69, 9.17) is 4.74 Å². The summed E-state index contributed by atoms with van der Waals surface area (Å²) in [5, 5.41) is 23.6. The molecule has 0 saturated heterocycles. The van der Waals surface area contributed by atoms with E-state index in [9.17, 15) is 19.8 Å². The minimum Gasteiger partial charge on any atom is -0.461 e. The zero-order valence-corrected chi connectivity index (χ0v) is 37.5. The van der Waals surface area contributed by atoms with Crippen molar-refractivity contribution in [2.75, 3.05) is 6.61 Å². The fourth-order valence-electron chi connectivity index (χ4n) is 7.10. The number of carbonyl (C=O) groups excluding carboxylic acids is 2. The normalized spacial score (nSPS) is 13.8. The van der Waals surface area contributed by atoms with Crippen LogP contribution in [0, 0.1) is 0 Å². The third kappa shape index (κ3) is 40.1. The average molecular weight is 798 g/mol. The Kier molecular flexibility index (Phi) is 42.7. The molecule has 57 heavy (non-hydrogen) atoms. The van der Waals surface area contributed by atoms with Gasteiger partial charge in [-0.1, -0.05) is 248 Å². The number of aliphatic hydroxyl groups is 2. The first-order chi connectivity index (χ1) is 28.0. The number of esters is 1. The van der Waals surface area contributed by atoms with Crippen LogP contribution >= 0.6 is 0 Å². The lowest BCUT2D eigenvalue weighted by atomic mass is 10.0. The molecule has 0 aromatic rings. The van der Waals surface area contributed by atoms with E-state index in [1.807, 2.05) is 54.7 Å². The highest BCUT2D eigenvalue weighted by atomic mass is 16.5. The van der Waals surface area contributed by atoms with Crippen LogP contribution in [-0.2, 0) is 14.3 Å². The topological polar surface area (TPSA) is 95.9 Å². The Hall–Kier alpha value is -2.44. The van der Waals surface area contributed by atoms with Crippen molar-refractivity contribution in [3.8, 4) is 0 Å². The van der Waals surface area contributed by atoms with Crippen molar-refractivity contribution in [1.82, 2.24) is 5.32 Å². The number of unbranched alkanes of at least 4 members (excludes halogenated alkanes) is 25. The van der Waals surface area contributed by atoms with E-state index in [1.54, 1.807) is 0 Å². The van der Waals surface area contributed by atoms with E-state index < -0.39 is 18.2 Å². The maximum Gasteiger partial charge on any atom is 0.306 e. The van der Waals surface area contributed by atoms with Gasteiger partial charge in [0.15, 0.2) is 0 Å². The molecular weight excluding hydrogens is 707 g/mol. The van der Waals surface area contributed by atoms with Crippen LogP contribution in [0.5, 0.6) is 0 Å². The van der Waals surface area contributed by atoms with Crippen LogP contribution in [0.15, 0.2) is 60.8 Å². The van der Waals surface area contributed by atoms with Gasteiger partial charge >= 0.3 is 5.97 Å². The van der Waals surface area contributed by atoms with Gasteiger partial charge in [-0.2, -0.15) is 0 Å². The van der Waals surface area contributed by atoms with Crippen molar-refractivity contribution in [1.29, 1.82) is 0 Å². The van der Waals surface area contributed by atoms with E-state index in [2.05, 4.69) is 32.2 Å². The first-order valence-electron chi connectivity index (χ1n) is 24.1. The number of hydrogen-bond acceptors (Lipinski definition) is 5. The molecule has 6 nitrogen and oxygen atoms in total. The number of aliphatic hydroxyl groups excluding tert-OH is 2. The standard InChI is InChI=1S/C51H91NO5/c1-4-7-10-13-16-19-22-23-24-25-26-29-31-34-37-40-43-49(54)48(46-53)52-50(55)45-47(42-39-36-33-30-27-20-17-14-11-8-5-2)57-51(56)44-41-38-35-32-28-21-18-15-12-9-6-3/h8,11,14,17,20,27,30,33,36,39,47-49,53-54H,4-7,9-10,12-13,15-16,18-19,21-26,28-29,31-32,34-35,37-38,40-46H2,1-3H3,(H,52,55)/b11-8+,17-14+,27-20-,33-30-,39-36+. The number of hydrogen-bond donors (Lipinski definition) is 3. The quantitative estimate of drug-likeness (QED) is 0.0325. The summed E-state index contributed by atoms with van der Waals surface area (Å²) in [6, 6.07) is -0.738.